The number of pyridine rings is 1. The van der Waals surface area contributed by atoms with Gasteiger partial charge in [-0.3, -0.25) is 4.79 Å². The lowest BCUT2D eigenvalue weighted by atomic mass is 10.1. The zero-order chi connectivity index (χ0) is 16.4. The van der Waals surface area contributed by atoms with Crippen molar-refractivity contribution in [2.45, 2.75) is 6.54 Å². The lowest BCUT2D eigenvalue weighted by Crippen LogP contribution is -2.13. The lowest BCUT2D eigenvalue weighted by Gasteiger charge is -2.17. The Morgan fingerprint density at radius 1 is 1.13 bits per heavy atom. The van der Waals surface area contributed by atoms with Crippen LogP contribution in [0.15, 0.2) is 58.4 Å². The number of hydrogen-bond donors (Lipinski definition) is 0. The van der Waals surface area contributed by atoms with Crippen molar-refractivity contribution >= 4 is 34.1 Å². The van der Waals surface area contributed by atoms with Gasteiger partial charge in [0.2, 0.25) is 0 Å². The maximum absolute atomic E-state index is 12.3. The first kappa shape index (κ1) is 15.4. The number of nitrogens with zero attached hydrogens (tertiary/aromatic N) is 4. The molecule has 3 rings (SSSR count). The molecule has 114 valence electrons. The third-order valence-electron chi connectivity index (χ3n) is 3.44. The van der Waals surface area contributed by atoms with Crippen molar-refractivity contribution in [3.05, 3.63) is 84.9 Å². The molecule has 1 aromatic heterocycles. The number of rotatable bonds is 3. The van der Waals surface area contributed by atoms with Gasteiger partial charge in [-0.2, -0.15) is 0 Å². The fraction of sp³-hybridized carbons (Fsp3) is 0.0625. The molecule has 0 aliphatic rings. The molecule has 0 aliphatic carbocycles. The quantitative estimate of drug-likeness (QED) is 0.369. The molecule has 7 heteroatoms. The van der Waals surface area contributed by atoms with Gasteiger partial charge in [0.05, 0.1) is 22.8 Å². The van der Waals surface area contributed by atoms with Crippen molar-refractivity contribution in [3.8, 4) is 5.69 Å². The van der Waals surface area contributed by atoms with Crippen LogP contribution in [0.25, 0.3) is 27.0 Å². The van der Waals surface area contributed by atoms with Crippen LogP contribution in [0.5, 0.6) is 0 Å². The zero-order valence-corrected chi connectivity index (χ0v) is 13.3. The summed E-state index contributed by atoms with van der Waals surface area (Å²) in [5.41, 5.74) is 10.3. The van der Waals surface area contributed by atoms with Crippen LogP contribution in [0.1, 0.15) is 5.69 Å². The molecule has 3 aromatic rings. The minimum absolute atomic E-state index is 0.0272. The molecule has 0 spiro atoms. The summed E-state index contributed by atoms with van der Waals surface area (Å²) in [7, 11) is 0. The van der Waals surface area contributed by atoms with Gasteiger partial charge in [-0.1, -0.05) is 40.4 Å². The summed E-state index contributed by atoms with van der Waals surface area (Å²) >= 11 is 12.4. The van der Waals surface area contributed by atoms with Crippen molar-refractivity contribution in [3.63, 3.8) is 0 Å². The summed E-state index contributed by atoms with van der Waals surface area (Å²) in [5, 5.41) is 5.10. The van der Waals surface area contributed by atoms with E-state index < -0.39 is 0 Å². The molecule has 1 heterocycles. The highest BCUT2D eigenvalue weighted by molar-refractivity contribution is 6.32. The SMILES string of the molecule is [N-]=[N+]=NCc1cc(=O)c2ccc(Cl)cc2n1-c1ccccc1Cl. The van der Waals surface area contributed by atoms with Crippen molar-refractivity contribution in [1.82, 2.24) is 4.57 Å². The van der Waals surface area contributed by atoms with E-state index in [9.17, 15) is 4.79 Å². The van der Waals surface area contributed by atoms with E-state index in [4.69, 9.17) is 28.7 Å². The van der Waals surface area contributed by atoms with Crippen LogP contribution in [0.3, 0.4) is 0 Å². The monoisotopic (exact) mass is 344 g/mol. The highest BCUT2D eigenvalue weighted by Gasteiger charge is 2.13. The molecule has 0 saturated heterocycles. The topological polar surface area (TPSA) is 70.8 Å². The van der Waals surface area contributed by atoms with Gasteiger partial charge >= 0.3 is 0 Å². The number of aromatic nitrogens is 1. The second-order valence-electron chi connectivity index (χ2n) is 4.84. The molecule has 0 fully saturated rings. The Balaban J connectivity index is 2.47. The Kier molecular flexibility index (Phi) is 4.26. The molecule has 0 bridgehead atoms. The smallest absolute Gasteiger partial charge is 0.189 e. The van der Waals surface area contributed by atoms with Crippen LogP contribution in [0, 0.1) is 0 Å². The largest absolute Gasteiger partial charge is 0.312 e. The van der Waals surface area contributed by atoms with Gasteiger partial charge in [0.25, 0.3) is 0 Å². The first-order chi connectivity index (χ1) is 11.1. The highest BCUT2D eigenvalue weighted by Crippen LogP contribution is 2.27. The summed E-state index contributed by atoms with van der Waals surface area (Å²) in [6, 6.07) is 13.7. The van der Waals surface area contributed by atoms with Gasteiger partial charge in [-0.25, -0.2) is 0 Å². The average molecular weight is 345 g/mol. The summed E-state index contributed by atoms with van der Waals surface area (Å²) < 4.78 is 1.79. The summed E-state index contributed by atoms with van der Waals surface area (Å²) in [6.07, 6.45) is 0. The molecule has 2 aromatic carbocycles. The fourth-order valence-electron chi connectivity index (χ4n) is 2.48. The minimum atomic E-state index is -0.164. The van der Waals surface area contributed by atoms with E-state index in [-0.39, 0.29) is 12.0 Å². The number of azide groups is 1. The third kappa shape index (κ3) is 2.90. The van der Waals surface area contributed by atoms with Crippen LogP contribution < -0.4 is 5.43 Å². The number of hydrogen-bond acceptors (Lipinski definition) is 2. The number of benzene rings is 2. The van der Waals surface area contributed by atoms with Crippen LogP contribution in [-0.2, 0) is 6.54 Å². The van der Waals surface area contributed by atoms with Gasteiger partial charge in [0, 0.05) is 27.1 Å². The number of para-hydroxylation sites is 1. The van der Waals surface area contributed by atoms with Crippen LogP contribution in [-0.4, -0.2) is 4.57 Å². The normalized spacial score (nSPS) is 10.5. The maximum atomic E-state index is 12.3. The first-order valence-corrected chi connectivity index (χ1v) is 7.47. The van der Waals surface area contributed by atoms with Crippen molar-refractivity contribution < 1.29 is 0 Å². The van der Waals surface area contributed by atoms with Gasteiger partial charge in [-0.15, -0.1) is 0 Å². The first-order valence-electron chi connectivity index (χ1n) is 6.72. The van der Waals surface area contributed by atoms with E-state index >= 15 is 0 Å². The van der Waals surface area contributed by atoms with E-state index in [1.165, 1.54) is 6.07 Å². The maximum Gasteiger partial charge on any atom is 0.189 e. The van der Waals surface area contributed by atoms with Crippen LogP contribution >= 0.6 is 23.2 Å². The van der Waals surface area contributed by atoms with Gasteiger partial charge in [-0.05, 0) is 35.9 Å². The van der Waals surface area contributed by atoms with E-state index in [2.05, 4.69) is 10.0 Å². The van der Waals surface area contributed by atoms with Crippen molar-refractivity contribution in [2.24, 2.45) is 5.11 Å². The summed E-state index contributed by atoms with van der Waals surface area (Å²) in [5.74, 6) is 0. The van der Waals surface area contributed by atoms with Gasteiger partial charge in [0.15, 0.2) is 5.43 Å². The van der Waals surface area contributed by atoms with Gasteiger partial charge in [0.1, 0.15) is 0 Å². The van der Waals surface area contributed by atoms with Crippen LogP contribution in [0.4, 0.5) is 0 Å². The molecule has 5 nitrogen and oxygen atoms in total. The minimum Gasteiger partial charge on any atom is -0.312 e. The second-order valence-corrected chi connectivity index (χ2v) is 5.68. The van der Waals surface area contributed by atoms with Crippen molar-refractivity contribution in [1.29, 1.82) is 0 Å². The highest BCUT2D eigenvalue weighted by atomic mass is 35.5. The van der Waals surface area contributed by atoms with E-state index in [1.807, 2.05) is 18.2 Å². The van der Waals surface area contributed by atoms with E-state index in [0.29, 0.717) is 32.3 Å². The molecule has 0 aliphatic heterocycles. The molecule has 0 saturated carbocycles. The molecule has 0 unspecified atom stereocenters. The Morgan fingerprint density at radius 3 is 2.65 bits per heavy atom. The Morgan fingerprint density at radius 2 is 1.91 bits per heavy atom. The molecular weight excluding hydrogens is 335 g/mol. The molecule has 0 amide bonds. The van der Waals surface area contributed by atoms with E-state index in [1.54, 1.807) is 28.8 Å². The predicted octanol–water partition coefficient (Wildman–Crippen LogP) is 5.11. The zero-order valence-electron chi connectivity index (χ0n) is 11.8. The summed E-state index contributed by atoms with van der Waals surface area (Å²) in [4.78, 5) is 15.1. The standard InChI is InChI=1S/C16H10Cl2N4O/c17-10-5-6-12-15(7-10)22(14-4-2-1-3-13(14)18)11(8-16(12)23)9-20-21-19/h1-8H,9H2. The molecular formula is C16H10Cl2N4O. The number of halogens is 2. The fourth-order valence-corrected chi connectivity index (χ4v) is 2.87. The predicted molar refractivity (Wildman–Crippen MR) is 92.4 cm³/mol. The molecule has 0 radical (unpaired) electrons. The lowest BCUT2D eigenvalue weighted by molar-refractivity contribution is 0.904. The Hall–Kier alpha value is -2.46. The Bertz CT molecular complexity index is 1010. The van der Waals surface area contributed by atoms with Crippen LogP contribution in [0.2, 0.25) is 10.0 Å². The number of fused-ring (bicyclic) bond motifs is 1. The van der Waals surface area contributed by atoms with E-state index in [0.717, 1.165) is 0 Å². The second kappa shape index (κ2) is 6.34. The third-order valence-corrected chi connectivity index (χ3v) is 4.00. The van der Waals surface area contributed by atoms with Crippen molar-refractivity contribution in [2.75, 3.05) is 0 Å². The molecule has 0 N–H and O–H groups in total. The summed E-state index contributed by atoms with van der Waals surface area (Å²) in [6.45, 7) is 0.0272. The average Bonchev–Trinajstić information content (AvgIpc) is 2.54. The molecule has 0 atom stereocenters. The van der Waals surface area contributed by atoms with Gasteiger partial charge < -0.3 is 4.57 Å². The molecule has 23 heavy (non-hydrogen) atoms. The Labute approximate surface area is 141 Å².